The number of nitrogens with zero attached hydrogens (tertiary/aromatic N) is 3. The van der Waals surface area contributed by atoms with Crippen molar-refractivity contribution in [3.63, 3.8) is 0 Å². The van der Waals surface area contributed by atoms with E-state index in [4.69, 9.17) is 0 Å². The molecule has 1 saturated carbocycles. The van der Waals surface area contributed by atoms with Crippen LogP contribution in [-0.2, 0) is 32.5 Å². The summed E-state index contributed by atoms with van der Waals surface area (Å²) in [6.45, 7) is 33.6. The quantitative estimate of drug-likeness (QED) is 0.159. The van der Waals surface area contributed by atoms with Crippen molar-refractivity contribution in [1.29, 1.82) is 0 Å². The van der Waals surface area contributed by atoms with E-state index in [-0.39, 0.29) is 39.3 Å². The van der Waals surface area contributed by atoms with Crippen molar-refractivity contribution in [3.8, 4) is 0 Å². The minimum Gasteiger partial charge on any atom is -0.334 e. The number of fused-ring (bicyclic) bond motifs is 3. The first-order valence-electron chi connectivity index (χ1n) is 28.8. The average Bonchev–Trinajstić information content (AvgIpc) is 3.62. The molecule has 0 bridgehead atoms. The summed E-state index contributed by atoms with van der Waals surface area (Å²) in [5.74, 6) is 0. The van der Waals surface area contributed by atoms with Gasteiger partial charge in [-0.25, -0.2) is 0 Å². The predicted octanol–water partition coefficient (Wildman–Crippen LogP) is 17.4. The van der Waals surface area contributed by atoms with Crippen LogP contribution in [0, 0.1) is 0 Å². The fourth-order valence-corrected chi connectivity index (χ4v) is 15.0. The summed E-state index contributed by atoms with van der Waals surface area (Å²) in [4.78, 5) is 8.24. The zero-order valence-electron chi connectivity index (χ0n) is 48.4. The maximum absolute atomic E-state index is 2.82. The molecule has 8 aromatic rings. The molecule has 0 N–H and O–H groups in total. The van der Waals surface area contributed by atoms with E-state index in [9.17, 15) is 0 Å². The molecule has 13 rings (SSSR count). The van der Waals surface area contributed by atoms with Crippen LogP contribution in [0.5, 0.6) is 0 Å². The Kier molecular flexibility index (Phi) is 10.7. The second kappa shape index (κ2) is 16.6. The highest BCUT2D eigenvalue weighted by molar-refractivity contribution is 7.01. The standard InChI is InChI=1S/C73H78BN3/c1-67(2,3)47-31-35-53(36-32-47)75-60-43-51(69(7,8)9)41-57-64(60)74-65-58(73(57,49-25-17-15-18-26-49)50-27-19-16-20-28-50)42-52(70(10,11)12)44-61(65)76(54-37-33-48(34-38-54)68(4,5)6)63-46-55(45-62(75)66(63)74)77-59-30-22-21-29-56(59)71(13)39-23-24-40-72(71,77)14/h15-22,25-38,41-46H,23-24,39-40H2,1-14H3. The lowest BCUT2D eigenvalue weighted by Crippen LogP contribution is -2.68. The van der Waals surface area contributed by atoms with Crippen LogP contribution in [0.1, 0.15) is 173 Å². The first-order chi connectivity index (χ1) is 36.5. The molecule has 0 radical (unpaired) electrons. The van der Waals surface area contributed by atoms with Gasteiger partial charge >= 0.3 is 0 Å². The van der Waals surface area contributed by atoms with Gasteiger partial charge in [0.15, 0.2) is 0 Å². The van der Waals surface area contributed by atoms with E-state index < -0.39 is 5.41 Å². The normalized spacial score (nSPS) is 20.0. The van der Waals surface area contributed by atoms with Gasteiger partial charge in [-0.3, -0.25) is 0 Å². The van der Waals surface area contributed by atoms with Gasteiger partial charge in [-0.15, -0.1) is 0 Å². The summed E-state index contributed by atoms with van der Waals surface area (Å²) < 4.78 is 0. The van der Waals surface area contributed by atoms with E-state index in [1.165, 1.54) is 131 Å². The lowest BCUT2D eigenvalue weighted by atomic mass is 9.27. The molecule has 77 heavy (non-hydrogen) atoms. The Morgan fingerprint density at radius 2 is 0.766 bits per heavy atom. The van der Waals surface area contributed by atoms with Crippen molar-refractivity contribution >= 4 is 68.6 Å². The van der Waals surface area contributed by atoms with Crippen molar-refractivity contribution in [2.24, 2.45) is 0 Å². The third-order valence-electron chi connectivity index (χ3n) is 19.5. The maximum atomic E-state index is 2.82. The van der Waals surface area contributed by atoms with Crippen LogP contribution >= 0.6 is 0 Å². The molecule has 0 spiro atoms. The predicted molar refractivity (Wildman–Crippen MR) is 330 cm³/mol. The molecule has 4 heterocycles. The highest BCUT2D eigenvalue weighted by Gasteiger charge is 2.60. The Balaban J connectivity index is 1.25. The van der Waals surface area contributed by atoms with Gasteiger partial charge in [-0.1, -0.05) is 218 Å². The van der Waals surface area contributed by atoms with Gasteiger partial charge in [0.25, 0.3) is 6.71 Å². The molecule has 8 aromatic carbocycles. The van der Waals surface area contributed by atoms with E-state index in [1.54, 1.807) is 0 Å². The van der Waals surface area contributed by atoms with Crippen LogP contribution in [0.25, 0.3) is 0 Å². The lowest BCUT2D eigenvalue weighted by molar-refractivity contribution is 0.195. The summed E-state index contributed by atoms with van der Waals surface area (Å²) >= 11 is 0. The largest absolute Gasteiger partial charge is 0.334 e. The molecule has 5 aliphatic rings. The zero-order chi connectivity index (χ0) is 54.0. The van der Waals surface area contributed by atoms with Gasteiger partial charge in [0.2, 0.25) is 0 Å². The van der Waals surface area contributed by atoms with Crippen LogP contribution < -0.4 is 31.1 Å². The molecular weight excluding hydrogens is 930 g/mol. The molecule has 3 nitrogen and oxygen atoms in total. The molecular formula is C73H78BN3. The van der Waals surface area contributed by atoms with Crippen molar-refractivity contribution in [2.45, 2.75) is 161 Å². The number of anilines is 8. The van der Waals surface area contributed by atoms with E-state index in [0.717, 1.165) is 6.42 Å². The van der Waals surface area contributed by atoms with E-state index in [0.29, 0.717) is 0 Å². The number of benzene rings is 8. The maximum Gasteiger partial charge on any atom is 0.253 e. The van der Waals surface area contributed by atoms with Gasteiger partial charge in [0, 0.05) is 50.9 Å². The van der Waals surface area contributed by atoms with Gasteiger partial charge in [0.1, 0.15) is 0 Å². The Morgan fingerprint density at radius 3 is 1.21 bits per heavy atom. The van der Waals surface area contributed by atoms with Crippen LogP contribution in [-0.4, -0.2) is 12.3 Å². The summed E-state index contributed by atoms with van der Waals surface area (Å²) in [7, 11) is 0. The molecule has 2 unspecified atom stereocenters. The fourth-order valence-electron chi connectivity index (χ4n) is 15.0. The molecule has 388 valence electrons. The van der Waals surface area contributed by atoms with Crippen molar-refractivity contribution in [3.05, 3.63) is 220 Å². The first-order valence-corrected chi connectivity index (χ1v) is 28.8. The second-order valence-corrected chi connectivity index (χ2v) is 28.2. The van der Waals surface area contributed by atoms with Crippen LogP contribution in [0.3, 0.4) is 0 Å². The monoisotopic (exact) mass is 1010 g/mol. The summed E-state index contributed by atoms with van der Waals surface area (Å²) in [6, 6.07) is 67.5. The minimum absolute atomic E-state index is 0.00118. The number of rotatable bonds is 5. The summed E-state index contributed by atoms with van der Waals surface area (Å²) in [5, 5.41) is 0. The topological polar surface area (TPSA) is 9.72 Å². The molecule has 0 aromatic heterocycles. The highest BCUT2D eigenvalue weighted by atomic mass is 15.3. The lowest BCUT2D eigenvalue weighted by Gasteiger charge is -2.54. The highest BCUT2D eigenvalue weighted by Crippen LogP contribution is 2.62. The molecule has 0 saturated heterocycles. The Hall–Kier alpha value is -6.78. The van der Waals surface area contributed by atoms with Crippen molar-refractivity contribution in [2.75, 3.05) is 14.7 Å². The van der Waals surface area contributed by atoms with Crippen molar-refractivity contribution < 1.29 is 0 Å². The molecule has 0 amide bonds. The molecule has 1 aliphatic carbocycles. The fraction of sp³-hybridized carbons (Fsp3) is 0.342. The van der Waals surface area contributed by atoms with Gasteiger partial charge in [-0.05, 0) is 162 Å². The number of hydrogen-bond donors (Lipinski definition) is 0. The van der Waals surface area contributed by atoms with Crippen LogP contribution in [0.4, 0.5) is 45.5 Å². The Morgan fingerprint density at radius 1 is 0.364 bits per heavy atom. The minimum atomic E-state index is -0.673. The Labute approximate surface area is 461 Å². The molecule has 4 aliphatic heterocycles. The third kappa shape index (κ3) is 7.08. The van der Waals surface area contributed by atoms with Crippen molar-refractivity contribution in [1.82, 2.24) is 0 Å². The van der Waals surface area contributed by atoms with Gasteiger partial charge in [0.05, 0.1) is 11.0 Å². The Bertz CT molecular complexity index is 3460. The third-order valence-corrected chi connectivity index (χ3v) is 19.5. The van der Waals surface area contributed by atoms with Crippen LogP contribution in [0.2, 0.25) is 0 Å². The molecule has 4 heteroatoms. The van der Waals surface area contributed by atoms with Crippen LogP contribution in [0.15, 0.2) is 170 Å². The second-order valence-electron chi connectivity index (χ2n) is 28.2. The number of para-hydroxylation sites is 1. The first kappa shape index (κ1) is 49.8. The zero-order valence-corrected chi connectivity index (χ0v) is 48.4. The molecule has 2 atom stereocenters. The summed E-state index contributed by atoms with van der Waals surface area (Å²) in [5.41, 5.74) is 25.3. The van der Waals surface area contributed by atoms with E-state index >= 15 is 0 Å². The van der Waals surface area contributed by atoms with Gasteiger partial charge < -0.3 is 14.7 Å². The molecule has 1 fully saturated rings. The van der Waals surface area contributed by atoms with Gasteiger partial charge in [-0.2, -0.15) is 0 Å². The average molecular weight is 1010 g/mol. The SMILES string of the molecule is CC(C)(C)c1ccc(N2c3cc(N4c5ccccc5C5(C)CCCCC45C)cc4c3B3c5c2cc(C(C)(C)C)cc5C(c2ccccc2)(c2ccccc2)c2cc(C(C)(C)C)cc(c23)N4c2ccc(C(C)(C)C)cc2)cc1. The smallest absolute Gasteiger partial charge is 0.253 e. The summed E-state index contributed by atoms with van der Waals surface area (Å²) in [6.07, 6.45) is 4.78. The van der Waals surface area contributed by atoms with E-state index in [1.807, 2.05) is 0 Å². The number of hydrogen-bond acceptors (Lipinski definition) is 3. The van der Waals surface area contributed by atoms with E-state index in [2.05, 4.69) is 281 Å².